The number of carbonyl (C=O) groups is 1. The normalized spacial score (nSPS) is 17.0. The standard InChI is InChI=1S/C27H29N5O2/c28-19-21-7-9-23(10-8-21)30-16-14-29(15-17-30)20-22-18-24(26(33)31-11-3-1-4-12-31)27(34)32-13-5-2-6-25(22)32/h2,5-10,13,18H,1,3-4,11-12,14-17,20H2. The van der Waals surface area contributed by atoms with Crippen LogP contribution in [0.5, 0.6) is 0 Å². The number of likely N-dealkylation sites (tertiary alicyclic amines) is 1. The van der Waals surface area contributed by atoms with Gasteiger partial charge in [-0.15, -0.1) is 0 Å². The summed E-state index contributed by atoms with van der Waals surface area (Å²) in [7, 11) is 0. The number of piperazine rings is 1. The van der Waals surface area contributed by atoms with Gasteiger partial charge in [-0.2, -0.15) is 5.26 Å². The van der Waals surface area contributed by atoms with Gasteiger partial charge < -0.3 is 9.80 Å². The van der Waals surface area contributed by atoms with Crippen molar-refractivity contribution >= 4 is 17.1 Å². The van der Waals surface area contributed by atoms with Gasteiger partial charge in [0, 0.05) is 57.7 Å². The molecule has 0 atom stereocenters. The first-order valence-corrected chi connectivity index (χ1v) is 12.0. The number of pyridine rings is 2. The summed E-state index contributed by atoms with van der Waals surface area (Å²) in [5.74, 6) is -0.144. The van der Waals surface area contributed by atoms with Gasteiger partial charge in [-0.3, -0.25) is 18.9 Å². The van der Waals surface area contributed by atoms with E-state index in [4.69, 9.17) is 5.26 Å². The first-order chi connectivity index (χ1) is 16.6. The van der Waals surface area contributed by atoms with Crippen LogP contribution < -0.4 is 10.5 Å². The van der Waals surface area contributed by atoms with Gasteiger partial charge in [0.05, 0.1) is 17.1 Å². The number of amides is 1. The molecule has 0 aliphatic carbocycles. The molecule has 5 rings (SSSR count). The number of benzene rings is 1. The quantitative estimate of drug-likeness (QED) is 0.605. The van der Waals surface area contributed by atoms with Crippen LogP contribution in [-0.4, -0.2) is 59.4 Å². The summed E-state index contributed by atoms with van der Waals surface area (Å²) in [4.78, 5) is 32.9. The van der Waals surface area contributed by atoms with Gasteiger partial charge in [-0.05, 0) is 67.3 Å². The molecule has 174 valence electrons. The number of aromatic nitrogens is 1. The summed E-state index contributed by atoms with van der Waals surface area (Å²) < 4.78 is 1.62. The summed E-state index contributed by atoms with van der Waals surface area (Å²) in [5, 5.41) is 9.02. The maximum absolute atomic E-state index is 13.2. The molecule has 0 bridgehead atoms. The molecule has 2 aliphatic rings. The Morgan fingerprint density at radius 1 is 0.912 bits per heavy atom. The maximum Gasteiger partial charge on any atom is 0.267 e. The highest BCUT2D eigenvalue weighted by atomic mass is 16.2. The Hall–Kier alpha value is -3.63. The van der Waals surface area contributed by atoms with E-state index in [9.17, 15) is 9.59 Å². The Balaban J connectivity index is 1.36. The molecule has 2 aromatic heterocycles. The summed E-state index contributed by atoms with van der Waals surface area (Å²) >= 11 is 0. The Morgan fingerprint density at radius 2 is 1.65 bits per heavy atom. The van der Waals surface area contributed by atoms with Crippen LogP contribution in [0.4, 0.5) is 5.69 Å². The predicted molar refractivity (Wildman–Crippen MR) is 132 cm³/mol. The molecule has 0 unspecified atom stereocenters. The highest BCUT2D eigenvalue weighted by Gasteiger charge is 2.24. The van der Waals surface area contributed by atoms with E-state index < -0.39 is 0 Å². The largest absolute Gasteiger partial charge is 0.369 e. The van der Waals surface area contributed by atoms with Gasteiger partial charge in [0.1, 0.15) is 5.56 Å². The predicted octanol–water partition coefficient (Wildman–Crippen LogP) is 3.12. The first kappa shape index (κ1) is 22.2. The van der Waals surface area contributed by atoms with Crippen LogP contribution in [0.15, 0.2) is 59.5 Å². The Bertz CT molecular complexity index is 1280. The van der Waals surface area contributed by atoms with Crippen LogP contribution in [0.25, 0.3) is 5.52 Å². The summed E-state index contributed by atoms with van der Waals surface area (Å²) in [6.45, 7) is 5.67. The number of rotatable bonds is 4. The fraction of sp³-hybridized carbons (Fsp3) is 0.370. The topological polar surface area (TPSA) is 72.1 Å². The van der Waals surface area contributed by atoms with E-state index in [2.05, 4.69) is 15.9 Å². The third kappa shape index (κ3) is 4.42. The minimum absolute atomic E-state index is 0.144. The number of nitriles is 1. The van der Waals surface area contributed by atoms with Crippen LogP contribution in [-0.2, 0) is 6.54 Å². The number of nitrogens with zero attached hydrogens (tertiary/aromatic N) is 5. The molecule has 7 heteroatoms. The molecule has 2 fully saturated rings. The van der Waals surface area contributed by atoms with Crippen molar-refractivity contribution in [1.82, 2.24) is 14.2 Å². The van der Waals surface area contributed by atoms with Crippen LogP contribution in [0, 0.1) is 11.3 Å². The van der Waals surface area contributed by atoms with Crippen LogP contribution in [0.2, 0.25) is 0 Å². The molecule has 2 aliphatic heterocycles. The molecule has 7 nitrogen and oxygen atoms in total. The van der Waals surface area contributed by atoms with Crippen molar-refractivity contribution in [3.63, 3.8) is 0 Å². The van der Waals surface area contributed by atoms with Crippen molar-refractivity contribution in [3.8, 4) is 6.07 Å². The zero-order valence-electron chi connectivity index (χ0n) is 19.3. The van der Waals surface area contributed by atoms with Gasteiger partial charge in [0.15, 0.2) is 0 Å². The SMILES string of the molecule is N#Cc1ccc(N2CCN(Cc3cc(C(=O)N4CCCCC4)c(=O)n4ccccc34)CC2)cc1. The fourth-order valence-corrected chi connectivity index (χ4v) is 5.02. The molecular formula is C27H29N5O2. The van der Waals surface area contributed by atoms with Gasteiger partial charge in [0.25, 0.3) is 11.5 Å². The molecule has 2 saturated heterocycles. The van der Waals surface area contributed by atoms with E-state index >= 15 is 0 Å². The third-order valence-electron chi connectivity index (χ3n) is 6.96. The lowest BCUT2D eigenvalue weighted by Gasteiger charge is -2.36. The summed E-state index contributed by atoms with van der Waals surface area (Å²) in [5.41, 5.74) is 3.70. The second kappa shape index (κ2) is 9.70. The Labute approximate surface area is 199 Å². The summed E-state index contributed by atoms with van der Waals surface area (Å²) in [6, 6.07) is 17.5. The van der Waals surface area contributed by atoms with E-state index in [-0.39, 0.29) is 17.0 Å². The minimum Gasteiger partial charge on any atom is -0.369 e. The van der Waals surface area contributed by atoms with E-state index in [1.54, 1.807) is 10.6 Å². The van der Waals surface area contributed by atoms with Crippen LogP contribution >= 0.6 is 0 Å². The Kier molecular flexibility index (Phi) is 6.33. The van der Waals surface area contributed by atoms with Crippen molar-refractivity contribution in [2.45, 2.75) is 25.8 Å². The number of carbonyl (C=O) groups excluding carboxylic acids is 1. The second-order valence-corrected chi connectivity index (χ2v) is 9.12. The highest BCUT2D eigenvalue weighted by Crippen LogP contribution is 2.20. The van der Waals surface area contributed by atoms with E-state index in [0.717, 1.165) is 75.3 Å². The monoisotopic (exact) mass is 455 g/mol. The zero-order chi connectivity index (χ0) is 23.5. The number of hydrogen-bond acceptors (Lipinski definition) is 5. The molecule has 34 heavy (non-hydrogen) atoms. The fourth-order valence-electron chi connectivity index (χ4n) is 5.02. The van der Waals surface area contributed by atoms with E-state index in [1.807, 2.05) is 53.4 Å². The molecule has 0 saturated carbocycles. The average Bonchev–Trinajstić information content (AvgIpc) is 2.91. The smallest absolute Gasteiger partial charge is 0.267 e. The summed E-state index contributed by atoms with van der Waals surface area (Å²) in [6.07, 6.45) is 4.89. The van der Waals surface area contributed by atoms with Crippen LogP contribution in [0.3, 0.4) is 0 Å². The molecule has 1 amide bonds. The molecule has 0 N–H and O–H groups in total. The lowest BCUT2D eigenvalue weighted by Crippen LogP contribution is -2.46. The first-order valence-electron chi connectivity index (χ1n) is 12.0. The second-order valence-electron chi connectivity index (χ2n) is 9.12. The molecule has 0 spiro atoms. The highest BCUT2D eigenvalue weighted by molar-refractivity contribution is 5.94. The van der Waals surface area contributed by atoms with Crippen molar-refractivity contribution in [2.24, 2.45) is 0 Å². The van der Waals surface area contributed by atoms with Crippen molar-refractivity contribution < 1.29 is 4.79 Å². The number of piperidine rings is 1. The van der Waals surface area contributed by atoms with Gasteiger partial charge in [-0.25, -0.2) is 0 Å². The number of anilines is 1. The van der Waals surface area contributed by atoms with E-state index in [0.29, 0.717) is 12.1 Å². The zero-order valence-corrected chi connectivity index (χ0v) is 19.3. The molecule has 4 heterocycles. The third-order valence-corrected chi connectivity index (χ3v) is 6.96. The number of hydrogen-bond donors (Lipinski definition) is 0. The molecule has 0 radical (unpaired) electrons. The van der Waals surface area contributed by atoms with Crippen molar-refractivity contribution in [1.29, 1.82) is 5.26 Å². The van der Waals surface area contributed by atoms with E-state index in [1.165, 1.54) is 0 Å². The maximum atomic E-state index is 13.2. The van der Waals surface area contributed by atoms with Crippen molar-refractivity contribution in [2.75, 3.05) is 44.2 Å². The van der Waals surface area contributed by atoms with Crippen LogP contribution in [0.1, 0.15) is 40.7 Å². The molecule has 1 aromatic carbocycles. The average molecular weight is 456 g/mol. The molecule has 3 aromatic rings. The van der Waals surface area contributed by atoms with Gasteiger partial charge in [0.2, 0.25) is 0 Å². The Morgan fingerprint density at radius 3 is 2.35 bits per heavy atom. The molecular weight excluding hydrogens is 426 g/mol. The van der Waals surface area contributed by atoms with Crippen molar-refractivity contribution in [3.05, 3.63) is 81.8 Å². The number of fused-ring (bicyclic) bond motifs is 1. The lowest BCUT2D eigenvalue weighted by atomic mass is 10.1. The minimum atomic E-state index is -0.236. The van der Waals surface area contributed by atoms with Gasteiger partial charge >= 0.3 is 0 Å². The van der Waals surface area contributed by atoms with Gasteiger partial charge in [-0.1, -0.05) is 6.07 Å². The lowest BCUT2D eigenvalue weighted by molar-refractivity contribution is 0.0722.